The molecule has 0 amide bonds. The lowest BCUT2D eigenvalue weighted by atomic mass is 9.15. The third-order valence-corrected chi connectivity index (χ3v) is 7.25. The van der Waals surface area contributed by atoms with Crippen LogP contribution in [0.5, 0.6) is 0 Å². The van der Waals surface area contributed by atoms with Gasteiger partial charge in [-0.2, -0.15) is 0 Å². The molecule has 0 aromatic heterocycles. The summed E-state index contributed by atoms with van der Waals surface area (Å²) in [5, 5.41) is 3.77. The van der Waals surface area contributed by atoms with Crippen molar-refractivity contribution >= 4 is 17.3 Å². The summed E-state index contributed by atoms with van der Waals surface area (Å²) >= 11 is 0. The van der Waals surface area contributed by atoms with Gasteiger partial charge in [0.1, 0.15) is 5.60 Å². The molecule has 4 heteroatoms. The molecule has 1 aromatic rings. The van der Waals surface area contributed by atoms with E-state index in [1.165, 1.54) is 25.7 Å². The van der Waals surface area contributed by atoms with Crippen LogP contribution in [-0.2, 0) is 4.74 Å². The molecule has 24 heavy (non-hydrogen) atoms. The van der Waals surface area contributed by atoms with Gasteiger partial charge >= 0.3 is 5.97 Å². The van der Waals surface area contributed by atoms with Crippen molar-refractivity contribution in [1.29, 1.82) is 0 Å². The molecular weight excluding hydrogens is 300 g/mol. The Morgan fingerprint density at radius 3 is 2.42 bits per heavy atom. The lowest BCUT2D eigenvalue weighted by Crippen LogP contribution is -2.91. The third-order valence-electron chi connectivity index (χ3n) is 7.25. The third kappa shape index (κ3) is 1.53. The monoisotopic (exact) mass is 326 g/mol. The SMILES string of the molecule is CC(C)(C)OC(=O)c1ccc(N)c(NC23CC4CC5CC(C2)C543)c1. The highest BCUT2D eigenvalue weighted by Crippen LogP contribution is 2.89. The topological polar surface area (TPSA) is 64.3 Å². The second kappa shape index (κ2) is 4.09. The van der Waals surface area contributed by atoms with Crippen LogP contribution >= 0.6 is 0 Å². The molecule has 4 aliphatic rings. The van der Waals surface area contributed by atoms with Crippen LogP contribution in [0.4, 0.5) is 11.4 Å². The first kappa shape index (κ1) is 14.6. The molecule has 0 heterocycles. The second-order valence-corrected chi connectivity index (χ2v) is 9.41. The minimum Gasteiger partial charge on any atom is -0.456 e. The van der Waals surface area contributed by atoms with Gasteiger partial charge in [-0.3, -0.25) is 0 Å². The molecule has 2 atom stereocenters. The first-order valence-electron chi connectivity index (χ1n) is 9.16. The summed E-state index contributed by atoms with van der Waals surface area (Å²) in [6.07, 6.45) is 5.42. The van der Waals surface area contributed by atoms with E-state index >= 15 is 0 Å². The Kier molecular flexibility index (Phi) is 2.49. The Morgan fingerprint density at radius 2 is 1.88 bits per heavy atom. The Hall–Kier alpha value is -1.71. The van der Waals surface area contributed by atoms with Crippen molar-refractivity contribution in [1.82, 2.24) is 0 Å². The maximum absolute atomic E-state index is 12.3. The maximum atomic E-state index is 12.3. The van der Waals surface area contributed by atoms with E-state index in [1.807, 2.05) is 32.9 Å². The summed E-state index contributed by atoms with van der Waals surface area (Å²) in [5.74, 6) is 2.54. The molecule has 2 unspecified atom stereocenters. The molecule has 0 bridgehead atoms. The van der Waals surface area contributed by atoms with Gasteiger partial charge in [-0.15, -0.1) is 0 Å². The summed E-state index contributed by atoms with van der Waals surface area (Å²) in [4.78, 5) is 12.3. The van der Waals surface area contributed by atoms with Crippen molar-refractivity contribution in [3.8, 4) is 0 Å². The zero-order chi connectivity index (χ0) is 16.9. The molecule has 4 aliphatic carbocycles. The number of hydrogen-bond donors (Lipinski definition) is 2. The number of nitrogen functional groups attached to an aromatic ring is 1. The van der Waals surface area contributed by atoms with E-state index in [-0.39, 0.29) is 11.5 Å². The van der Waals surface area contributed by atoms with E-state index in [1.54, 1.807) is 6.07 Å². The highest BCUT2D eigenvalue weighted by atomic mass is 16.6. The molecule has 4 fully saturated rings. The van der Waals surface area contributed by atoms with Crippen LogP contribution in [0.2, 0.25) is 0 Å². The van der Waals surface area contributed by atoms with Gasteiger partial charge in [0.15, 0.2) is 0 Å². The van der Waals surface area contributed by atoms with Crippen LogP contribution in [0.3, 0.4) is 0 Å². The number of benzene rings is 1. The minimum absolute atomic E-state index is 0.254. The number of nitrogens with one attached hydrogen (secondary N) is 1. The van der Waals surface area contributed by atoms with Crippen LogP contribution in [0.15, 0.2) is 18.2 Å². The number of esters is 1. The molecule has 4 saturated carbocycles. The Labute approximate surface area is 143 Å². The molecule has 0 saturated heterocycles. The van der Waals surface area contributed by atoms with Crippen molar-refractivity contribution in [3.05, 3.63) is 23.8 Å². The Balaban J connectivity index is 1.39. The second-order valence-electron chi connectivity index (χ2n) is 9.41. The van der Waals surface area contributed by atoms with Crippen LogP contribution < -0.4 is 11.1 Å². The van der Waals surface area contributed by atoms with E-state index in [0.29, 0.717) is 11.0 Å². The van der Waals surface area contributed by atoms with Crippen molar-refractivity contribution < 1.29 is 9.53 Å². The highest BCUT2D eigenvalue weighted by Gasteiger charge is 2.87. The fourth-order valence-electron chi connectivity index (χ4n) is 6.53. The van der Waals surface area contributed by atoms with Gasteiger partial charge in [0.05, 0.1) is 16.9 Å². The lowest BCUT2D eigenvalue weighted by molar-refractivity contribution is -0.379. The highest BCUT2D eigenvalue weighted by molar-refractivity contribution is 5.92. The number of nitrogens with two attached hydrogens (primary N) is 1. The smallest absolute Gasteiger partial charge is 0.338 e. The van der Waals surface area contributed by atoms with E-state index in [2.05, 4.69) is 5.32 Å². The molecule has 4 nitrogen and oxygen atoms in total. The van der Waals surface area contributed by atoms with Gasteiger partial charge in [-0.25, -0.2) is 4.79 Å². The molecule has 1 spiro atoms. The van der Waals surface area contributed by atoms with Gasteiger partial charge < -0.3 is 15.8 Å². The predicted octanol–water partition coefficient (Wildman–Crippen LogP) is 3.82. The van der Waals surface area contributed by atoms with Crippen molar-refractivity contribution in [2.45, 2.75) is 57.6 Å². The van der Waals surface area contributed by atoms with Gasteiger partial charge in [0.2, 0.25) is 0 Å². The number of anilines is 2. The number of carbonyl (C=O) groups is 1. The molecular formula is C20H26N2O2. The molecule has 1 aromatic carbocycles. The standard InChI is InChI=1S/C20H26N2O2/c1-18(2,3)24-17(23)11-4-5-15(21)16(6-11)22-19-9-13-7-12-8-14(10-19)20(12,13)19/h4-6,12-14,22H,7-10,21H2,1-3H3. The van der Waals surface area contributed by atoms with Gasteiger partial charge in [0.25, 0.3) is 0 Å². The van der Waals surface area contributed by atoms with Gasteiger partial charge in [0, 0.05) is 11.0 Å². The number of hydrogen-bond acceptors (Lipinski definition) is 4. The van der Waals surface area contributed by atoms with Crippen molar-refractivity contribution in [2.75, 3.05) is 11.1 Å². The van der Waals surface area contributed by atoms with E-state index in [0.717, 1.165) is 29.1 Å². The molecule has 128 valence electrons. The number of rotatable bonds is 3. The predicted molar refractivity (Wildman–Crippen MR) is 93.7 cm³/mol. The van der Waals surface area contributed by atoms with E-state index in [4.69, 9.17) is 10.5 Å². The average molecular weight is 326 g/mol. The Morgan fingerprint density at radius 1 is 1.21 bits per heavy atom. The minimum atomic E-state index is -0.489. The maximum Gasteiger partial charge on any atom is 0.338 e. The zero-order valence-electron chi connectivity index (χ0n) is 14.7. The number of carbonyl (C=O) groups excluding carboxylic acids is 1. The quantitative estimate of drug-likeness (QED) is 0.654. The summed E-state index contributed by atoms with van der Waals surface area (Å²) < 4.78 is 5.49. The fourth-order valence-corrected chi connectivity index (χ4v) is 6.53. The summed E-state index contributed by atoms with van der Waals surface area (Å²) in [7, 11) is 0. The van der Waals surface area contributed by atoms with Crippen LogP contribution in [-0.4, -0.2) is 17.1 Å². The first-order chi connectivity index (χ1) is 11.3. The van der Waals surface area contributed by atoms with E-state index < -0.39 is 5.60 Å². The molecule has 5 rings (SSSR count). The number of ether oxygens (including phenoxy) is 1. The molecule has 0 aliphatic heterocycles. The van der Waals surface area contributed by atoms with Crippen LogP contribution in [0.1, 0.15) is 56.8 Å². The summed E-state index contributed by atoms with van der Waals surface area (Å²) in [5.41, 5.74) is 8.74. The first-order valence-corrected chi connectivity index (χ1v) is 9.16. The molecule has 3 N–H and O–H groups in total. The largest absolute Gasteiger partial charge is 0.456 e. The van der Waals surface area contributed by atoms with Gasteiger partial charge in [-0.1, -0.05) is 0 Å². The summed E-state index contributed by atoms with van der Waals surface area (Å²) in [6, 6.07) is 5.45. The summed E-state index contributed by atoms with van der Waals surface area (Å²) in [6.45, 7) is 5.65. The zero-order valence-corrected chi connectivity index (χ0v) is 14.7. The van der Waals surface area contributed by atoms with Gasteiger partial charge in [-0.05, 0) is 82.4 Å². The van der Waals surface area contributed by atoms with Crippen molar-refractivity contribution in [3.63, 3.8) is 0 Å². The van der Waals surface area contributed by atoms with Crippen LogP contribution in [0.25, 0.3) is 0 Å². The van der Waals surface area contributed by atoms with Crippen molar-refractivity contribution in [2.24, 2.45) is 23.2 Å². The normalized spacial score (nSPS) is 40.7. The fraction of sp³-hybridized carbons (Fsp3) is 0.650. The lowest BCUT2D eigenvalue weighted by Gasteiger charge is -2.91. The average Bonchev–Trinajstić information content (AvgIpc) is 2.39. The van der Waals surface area contributed by atoms with Crippen LogP contribution in [0, 0.1) is 23.2 Å². The Bertz CT molecular complexity index is 723. The van der Waals surface area contributed by atoms with E-state index in [9.17, 15) is 4.79 Å². The molecule has 0 radical (unpaired) electrons.